The van der Waals surface area contributed by atoms with E-state index in [9.17, 15) is 14.4 Å². The first-order chi connectivity index (χ1) is 13.0. The summed E-state index contributed by atoms with van der Waals surface area (Å²) in [6.45, 7) is 3.30. The molecule has 2 aromatic rings. The number of para-hydroxylation sites is 2. The van der Waals surface area contributed by atoms with Gasteiger partial charge in [0.25, 0.3) is 5.91 Å². The second-order valence-corrected chi connectivity index (χ2v) is 5.67. The minimum absolute atomic E-state index is 0.200. The predicted octanol–water partition coefficient (Wildman–Crippen LogP) is 2.28. The molecule has 0 unspecified atom stereocenters. The molecular formula is C20H22N2O5. The second kappa shape index (κ2) is 9.96. The summed E-state index contributed by atoms with van der Waals surface area (Å²) in [5.41, 5.74) is 0.200. The fourth-order valence-corrected chi connectivity index (χ4v) is 2.22. The Morgan fingerprint density at radius 2 is 1.67 bits per heavy atom. The molecule has 0 aromatic heterocycles. The fourth-order valence-electron chi connectivity index (χ4n) is 2.22. The smallest absolute Gasteiger partial charge is 0.342 e. The first-order valence-electron chi connectivity index (χ1n) is 8.57. The van der Waals surface area contributed by atoms with E-state index >= 15 is 0 Å². The van der Waals surface area contributed by atoms with Gasteiger partial charge in [0.1, 0.15) is 23.1 Å². The van der Waals surface area contributed by atoms with Crippen molar-refractivity contribution < 1.29 is 23.9 Å². The van der Waals surface area contributed by atoms with Crippen molar-refractivity contribution in [3.05, 3.63) is 60.2 Å². The van der Waals surface area contributed by atoms with Crippen molar-refractivity contribution in [2.75, 3.05) is 13.2 Å². The van der Waals surface area contributed by atoms with Gasteiger partial charge < -0.3 is 20.1 Å². The molecule has 0 spiro atoms. The highest BCUT2D eigenvalue weighted by Crippen LogP contribution is 2.25. The molecule has 7 nitrogen and oxygen atoms in total. The highest BCUT2D eigenvalue weighted by atomic mass is 16.5. The van der Waals surface area contributed by atoms with E-state index in [1.54, 1.807) is 50.2 Å². The minimum atomic E-state index is -0.718. The number of carbonyl (C=O) groups is 3. The summed E-state index contributed by atoms with van der Waals surface area (Å²) >= 11 is 0. The normalized spacial score (nSPS) is 11.2. The van der Waals surface area contributed by atoms with Gasteiger partial charge in [-0.1, -0.05) is 30.3 Å². The van der Waals surface area contributed by atoms with Crippen molar-refractivity contribution in [2.24, 2.45) is 0 Å². The van der Waals surface area contributed by atoms with Crippen LogP contribution in [-0.2, 0) is 14.3 Å². The van der Waals surface area contributed by atoms with Crippen LogP contribution in [-0.4, -0.2) is 37.0 Å². The predicted molar refractivity (Wildman–Crippen MR) is 99.5 cm³/mol. The number of esters is 1. The monoisotopic (exact) mass is 370 g/mol. The van der Waals surface area contributed by atoms with E-state index in [1.165, 1.54) is 0 Å². The second-order valence-electron chi connectivity index (χ2n) is 5.67. The van der Waals surface area contributed by atoms with Crippen LogP contribution in [0.15, 0.2) is 54.6 Å². The van der Waals surface area contributed by atoms with Crippen LogP contribution < -0.4 is 15.4 Å². The number of amides is 2. The summed E-state index contributed by atoms with van der Waals surface area (Å²) in [5, 5.41) is 5.06. The molecule has 0 bridgehead atoms. The Morgan fingerprint density at radius 1 is 1.00 bits per heavy atom. The SMILES string of the molecule is CCNC(=O)[C@H](C)NC(=O)COC(=O)c1ccccc1Oc1ccccc1. The zero-order chi connectivity index (χ0) is 19.6. The van der Waals surface area contributed by atoms with Crippen LogP contribution in [0.2, 0.25) is 0 Å². The van der Waals surface area contributed by atoms with Gasteiger partial charge in [-0.3, -0.25) is 9.59 Å². The number of likely N-dealkylation sites (N-methyl/N-ethyl adjacent to an activating group) is 1. The van der Waals surface area contributed by atoms with Gasteiger partial charge in [-0.25, -0.2) is 4.79 Å². The molecule has 0 saturated heterocycles. The van der Waals surface area contributed by atoms with Gasteiger partial charge in [0, 0.05) is 6.54 Å². The number of carbonyl (C=O) groups excluding carboxylic acids is 3. The standard InChI is InChI=1S/C20H22N2O5/c1-3-21-19(24)14(2)22-18(23)13-26-20(25)16-11-7-8-12-17(16)27-15-9-5-4-6-10-15/h4-12,14H,3,13H2,1-2H3,(H,21,24)(H,22,23)/t14-/m0/s1. The lowest BCUT2D eigenvalue weighted by Crippen LogP contribution is -2.46. The summed E-state index contributed by atoms with van der Waals surface area (Å²) in [7, 11) is 0. The maximum atomic E-state index is 12.3. The third-order valence-corrected chi connectivity index (χ3v) is 3.53. The summed E-state index contributed by atoms with van der Waals surface area (Å²) < 4.78 is 10.8. The minimum Gasteiger partial charge on any atom is -0.456 e. The lowest BCUT2D eigenvalue weighted by molar-refractivity contribution is -0.130. The molecule has 1 atom stereocenters. The third-order valence-electron chi connectivity index (χ3n) is 3.53. The van der Waals surface area contributed by atoms with Crippen LogP contribution in [0, 0.1) is 0 Å². The summed E-state index contributed by atoms with van der Waals surface area (Å²) in [4.78, 5) is 35.8. The molecule has 2 rings (SSSR count). The van der Waals surface area contributed by atoms with Crippen molar-refractivity contribution in [3.63, 3.8) is 0 Å². The molecule has 0 aliphatic rings. The fraction of sp³-hybridized carbons (Fsp3) is 0.250. The largest absolute Gasteiger partial charge is 0.456 e. The maximum absolute atomic E-state index is 12.3. The zero-order valence-corrected chi connectivity index (χ0v) is 15.2. The highest BCUT2D eigenvalue weighted by molar-refractivity contribution is 5.94. The van der Waals surface area contributed by atoms with Gasteiger partial charge in [-0.15, -0.1) is 0 Å². The number of hydrogen-bond donors (Lipinski definition) is 2. The Balaban J connectivity index is 1.94. The van der Waals surface area contributed by atoms with Crippen LogP contribution in [0.5, 0.6) is 11.5 Å². The first-order valence-corrected chi connectivity index (χ1v) is 8.57. The van der Waals surface area contributed by atoms with Crippen LogP contribution in [0.3, 0.4) is 0 Å². The molecule has 0 radical (unpaired) electrons. The molecule has 7 heteroatoms. The van der Waals surface area contributed by atoms with Crippen LogP contribution in [0.1, 0.15) is 24.2 Å². The Labute approximate surface area is 157 Å². The van der Waals surface area contributed by atoms with E-state index in [-0.39, 0.29) is 11.5 Å². The third kappa shape index (κ3) is 6.14. The quantitative estimate of drug-likeness (QED) is 0.696. The van der Waals surface area contributed by atoms with Crippen molar-refractivity contribution in [1.29, 1.82) is 0 Å². The number of rotatable bonds is 8. The number of nitrogens with one attached hydrogen (secondary N) is 2. The van der Waals surface area contributed by atoms with Crippen molar-refractivity contribution >= 4 is 17.8 Å². The molecule has 0 heterocycles. The molecule has 2 N–H and O–H groups in total. The van der Waals surface area contributed by atoms with Crippen molar-refractivity contribution in [2.45, 2.75) is 19.9 Å². The average Bonchev–Trinajstić information content (AvgIpc) is 2.67. The van der Waals surface area contributed by atoms with Gasteiger partial charge in [0.15, 0.2) is 6.61 Å². The number of ether oxygens (including phenoxy) is 2. The van der Waals surface area contributed by atoms with E-state index < -0.39 is 24.5 Å². The summed E-state index contributed by atoms with van der Waals surface area (Å²) in [6, 6.07) is 14.9. The highest BCUT2D eigenvalue weighted by Gasteiger charge is 2.18. The topological polar surface area (TPSA) is 93.7 Å². The Kier molecular flexibility index (Phi) is 7.37. The van der Waals surface area contributed by atoms with Gasteiger partial charge in [0.2, 0.25) is 5.91 Å². The molecule has 27 heavy (non-hydrogen) atoms. The molecule has 0 aliphatic heterocycles. The van der Waals surface area contributed by atoms with Crippen molar-refractivity contribution in [3.8, 4) is 11.5 Å². The van der Waals surface area contributed by atoms with Gasteiger partial charge in [0.05, 0.1) is 0 Å². The Bertz CT molecular complexity index is 792. The van der Waals surface area contributed by atoms with E-state index in [4.69, 9.17) is 9.47 Å². The van der Waals surface area contributed by atoms with Gasteiger partial charge >= 0.3 is 5.97 Å². The van der Waals surface area contributed by atoms with E-state index in [0.29, 0.717) is 18.0 Å². The molecular weight excluding hydrogens is 348 g/mol. The summed E-state index contributed by atoms with van der Waals surface area (Å²) in [5.74, 6) is -0.666. The first kappa shape index (κ1) is 20.0. The van der Waals surface area contributed by atoms with Crippen LogP contribution >= 0.6 is 0 Å². The molecule has 2 aromatic carbocycles. The average molecular weight is 370 g/mol. The van der Waals surface area contributed by atoms with Gasteiger partial charge in [-0.05, 0) is 38.1 Å². The Morgan fingerprint density at radius 3 is 2.37 bits per heavy atom. The lowest BCUT2D eigenvalue weighted by atomic mass is 10.2. The van der Waals surface area contributed by atoms with E-state index in [2.05, 4.69) is 10.6 Å². The number of hydrogen-bond acceptors (Lipinski definition) is 5. The summed E-state index contributed by atoms with van der Waals surface area (Å²) in [6.07, 6.45) is 0. The van der Waals surface area contributed by atoms with Crippen LogP contribution in [0.4, 0.5) is 0 Å². The van der Waals surface area contributed by atoms with Crippen molar-refractivity contribution in [1.82, 2.24) is 10.6 Å². The van der Waals surface area contributed by atoms with E-state index in [0.717, 1.165) is 0 Å². The van der Waals surface area contributed by atoms with Gasteiger partial charge in [-0.2, -0.15) is 0 Å². The molecule has 142 valence electrons. The van der Waals surface area contributed by atoms with Crippen LogP contribution in [0.25, 0.3) is 0 Å². The molecule has 2 amide bonds. The zero-order valence-electron chi connectivity index (χ0n) is 15.2. The number of benzene rings is 2. The lowest BCUT2D eigenvalue weighted by Gasteiger charge is -2.14. The maximum Gasteiger partial charge on any atom is 0.342 e. The molecule has 0 aliphatic carbocycles. The molecule has 0 fully saturated rings. The van der Waals surface area contributed by atoms with E-state index in [1.807, 2.05) is 18.2 Å². The molecule has 0 saturated carbocycles. The Hall–Kier alpha value is -3.35.